The Morgan fingerprint density at radius 3 is 2.48 bits per heavy atom. The Bertz CT molecular complexity index is 1030. The number of hydrogen-bond acceptors (Lipinski definition) is 5. The number of anilines is 1. The molecule has 2 aliphatic rings. The first-order valence-corrected chi connectivity index (χ1v) is 12.4. The van der Waals surface area contributed by atoms with Crippen molar-refractivity contribution in [3.63, 3.8) is 0 Å². The van der Waals surface area contributed by atoms with Gasteiger partial charge in [0.05, 0.1) is 18.0 Å². The minimum Gasteiger partial charge on any atom is -0.476 e. The van der Waals surface area contributed by atoms with E-state index in [0.717, 1.165) is 25.2 Å². The van der Waals surface area contributed by atoms with Gasteiger partial charge in [0.1, 0.15) is 5.75 Å². The number of likely N-dealkylation sites (tertiary alicyclic amines) is 1. The average molecular weight is 444 g/mol. The second kappa shape index (κ2) is 9.28. The maximum atomic E-state index is 12.9. The van der Waals surface area contributed by atoms with Crippen LogP contribution in [0.2, 0.25) is 0 Å². The minimum absolute atomic E-state index is 0.0333. The largest absolute Gasteiger partial charge is 0.476 e. The van der Waals surface area contributed by atoms with Crippen molar-refractivity contribution in [3.05, 3.63) is 59.7 Å². The van der Waals surface area contributed by atoms with Gasteiger partial charge in [-0.15, -0.1) is 0 Å². The summed E-state index contributed by atoms with van der Waals surface area (Å²) in [5.41, 5.74) is 2.75. The van der Waals surface area contributed by atoms with Gasteiger partial charge in [-0.05, 0) is 56.1 Å². The highest BCUT2D eigenvalue weighted by atomic mass is 32.2. The molecule has 8 heteroatoms. The third-order valence-corrected chi connectivity index (χ3v) is 7.64. The Morgan fingerprint density at radius 1 is 1.06 bits per heavy atom. The van der Waals surface area contributed by atoms with Gasteiger partial charge >= 0.3 is 0 Å². The summed E-state index contributed by atoms with van der Waals surface area (Å²) in [6, 6.07) is 15.0. The lowest BCUT2D eigenvalue weighted by Gasteiger charge is -2.34. The molecule has 2 aromatic rings. The number of para-hydroxylation sites is 2. The maximum absolute atomic E-state index is 12.9. The quantitative estimate of drug-likeness (QED) is 0.711. The first-order valence-electron chi connectivity index (χ1n) is 10.8. The van der Waals surface area contributed by atoms with Gasteiger partial charge < -0.3 is 10.1 Å². The molecule has 0 saturated carbocycles. The molecule has 0 unspecified atom stereocenters. The summed E-state index contributed by atoms with van der Waals surface area (Å²) < 4.78 is 32.4. The number of fused-ring (bicyclic) bond motifs is 1. The summed E-state index contributed by atoms with van der Waals surface area (Å²) >= 11 is 0. The van der Waals surface area contributed by atoms with E-state index in [4.69, 9.17) is 4.74 Å². The zero-order valence-corrected chi connectivity index (χ0v) is 18.6. The lowest BCUT2D eigenvalue weighted by Crippen LogP contribution is -2.50. The van der Waals surface area contributed by atoms with Crippen molar-refractivity contribution in [2.45, 2.75) is 39.0 Å². The number of carbonyl (C=O) groups excluding carboxylic acids is 1. The SMILES string of the molecule is CCS(=O)(=O)N1C[C@H](C(=O)NCc2ccccc2CN2CCCC2)Oc2ccccc21. The number of nitrogens with one attached hydrogen (secondary N) is 1. The van der Waals surface area contributed by atoms with Crippen LogP contribution in [0.1, 0.15) is 30.9 Å². The Kier molecular flexibility index (Phi) is 6.48. The third-order valence-electron chi connectivity index (χ3n) is 5.89. The Morgan fingerprint density at radius 2 is 1.74 bits per heavy atom. The zero-order valence-electron chi connectivity index (χ0n) is 17.8. The van der Waals surface area contributed by atoms with E-state index < -0.39 is 16.1 Å². The van der Waals surface area contributed by atoms with Crippen LogP contribution in [0.5, 0.6) is 5.75 Å². The maximum Gasteiger partial charge on any atom is 0.263 e. The number of carbonyl (C=O) groups is 1. The summed E-state index contributed by atoms with van der Waals surface area (Å²) in [6.07, 6.45) is 1.56. The van der Waals surface area contributed by atoms with E-state index in [1.165, 1.54) is 22.7 Å². The third kappa shape index (κ3) is 4.85. The van der Waals surface area contributed by atoms with Crippen LogP contribution in [0, 0.1) is 0 Å². The monoisotopic (exact) mass is 443 g/mol. The Balaban J connectivity index is 1.46. The van der Waals surface area contributed by atoms with Crippen LogP contribution in [0.3, 0.4) is 0 Å². The van der Waals surface area contributed by atoms with Crippen molar-refractivity contribution in [3.8, 4) is 5.75 Å². The number of hydrogen-bond donors (Lipinski definition) is 1. The lowest BCUT2D eigenvalue weighted by molar-refractivity contribution is -0.127. The molecule has 0 bridgehead atoms. The van der Waals surface area contributed by atoms with E-state index in [-0.39, 0.29) is 18.2 Å². The molecule has 1 amide bonds. The fourth-order valence-electron chi connectivity index (χ4n) is 4.12. The molecule has 31 heavy (non-hydrogen) atoms. The predicted molar refractivity (Wildman–Crippen MR) is 120 cm³/mol. The molecule has 1 fully saturated rings. The highest BCUT2D eigenvalue weighted by Gasteiger charge is 2.35. The molecule has 1 N–H and O–H groups in total. The number of amides is 1. The smallest absolute Gasteiger partial charge is 0.263 e. The fraction of sp³-hybridized carbons (Fsp3) is 0.435. The van der Waals surface area contributed by atoms with Crippen molar-refractivity contribution < 1.29 is 17.9 Å². The van der Waals surface area contributed by atoms with Crippen molar-refractivity contribution in [2.75, 3.05) is 29.7 Å². The van der Waals surface area contributed by atoms with Crippen molar-refractivity contribution in [2.24, 2.45) is 0 Å². The number of rotatable bonds is 7. The second-order valence-electron chi connectivity index (χ2n) is 7.98. The standard InChI is InChI=1S/C23H29N3O4S/c1-2-31(28,29)26-17-22(30-21-12-6-5-11-20(21)26)23(27)24-15-18-9-3-4-10-19(18)16-25-13-7-8-14-25/h3-6,9-12,22H,2,7-8,13-17H2,1H3,(H,24,27)/t22-/m1/s1. The van der Waals surface area contributed by atoms with Gasteiger partial charge in [-0.3, -0.25) is 14.0 Å². The van der Waals surface area contributed by atoms with Crippen LogP contribution in [0.4, 0.5) is 5.69 Å². The molecule has 2 aliphatic heterocycles. The topological polar surface area (TPSA) is 79.0 Å². The molecule has 166 valence electrons. The van der Waals surface area contributed by atoms with E-state index in [1.54, 1.807) is 31.2 Å². The highest BCUT2D eigenvalue weighted by molar-refractivity contribution is 7.92. The van der Waals surface area contributed by atoms with Crippen molar-refractivity contribution in [1.29, 1.82) is 0 Å². The molecule has 2 aromatic carbocycles. The van der Waals surface area contributed by atoms with Gasteiger partial charge in [-0.1, -0.05) is 36.4 Å². The van der Waals surface area contributed by atoms with Crippen molar-refractivity contribution in [1.82, 2.24) is 10.2 Å². The average Bonchev–Trinajstić information content (AvgIpc) is 3.30. The molecule has 1 saturated heterocycles. The van der Waals surface area contributed by atoms with E-state index >= 15 is 0 Å². The molecule has 1 atom stereocenters. The van der Waals surface area contributed by atoms with Gasteiger partial charge in [0, 0.05) is 13.1 Å². The molecular weight excluding hydrogens is 414 g/mol. The van der Waals surface area contributed by atoms with E-state index in [1.807, 2.05) is 18.2 Å². The van der Waals surface area contributed by atoms with Crippen LogP contribution >= 0.6 is 0 Å². The first kappa shape index (κ1) is 21.6. The molecule has 4 rings (SSSR count). The Hall–Kier alpha value is -2.58. The minimum atomic E-state index is -3.52. The van der Waals surface area contributed by atoms with Gasteiger partial charge in [0.25, 0.3) is 5.91 Å². The van der Waals surface area contributed by atoms with Crippen molar-refractivity contribution >= 4 is 21.6 Å². The van der Waals surface area contributed by atoms with Crippen LogP contribution < -0.4 is 14.4 Å². The summed E-state index contributed by atoms with van der Waals surface area (Å²) in [6.45, 7) is 5.04. The summed E-state index contributed by atoms with van der Waals surface area (Å²) in [7, 11) is -3.52. The molecule has 7 nitrogen and oxygen atoms in total. The van der Waals surface area contributed by atoms with Crippen LogP contribution in [0.25, 0.3) is 0 Å². The molecule has 0 aliphatic carbocycles. The fourth-order valence-corrected chi connectivity index (χ4v) is 5.24. The predicted octanol–water partition coefficient (Wildman–Crippen LogP) is 2.52. The summed E-state index contributed by atoms with van der Waals surface area (Å²) in [5, 5.41) is 2.95. The summed E-state index contributed by atoms with van der Waals surface area (Å²) in [4.78, 5) is 15.4. The highest BCUT2D eigenvalue weighted by Crippen LogP contribution is 2.35. The Labute approximate surface area is 184 Å². The second-order valence-corrected chi connectivity index (χ2v) is 10.2. The van der Waals surface area contributed by atoms with Crippen LogP contribution in [-0.4, -0.2) is 50.7 Å². The molecule has 0 radical (unpaired) electrons. The lowest BCUT2D eigenvalue weighted by atomic mass is 10.1. The van der Waals surface area contributed by atoms with Gasteiger partial charge in [0.2, 0.25) is 10.0 Å². The number of ether oxygens (including phenoxy) is 1. The van der Waals surface area contributed by atoms with Gasteiger partial charge in [-0.25, -0.2) is 8.42 Å². The van der Waals surface area contributed by atoms with Gasteiger partial charge in [0.15, 0.2) is 6.10 Å². The molecule has 0 spiro atoms. The first-order chi connectivity index (χ1) is 15.0. The zero-order chi connectivity index (χ0) is 21.8. The summed E-state index contributed by atoms with van der Waals surface area (Å²) in [5.74, 6) is 0.0432. The van der Waals surface area contributed by atoms with Crippen LogP contribution in [0.15, 0.2) is 48.5 Å². The normalized spacial score (nSPS) is 19.0. The number of benzene rings is 2. The number of sulfonamides is 1. The molecular formula is C23H29N3O4S. The molecule has 0 aromatic heterocycles. The van der Waals surface area contributed by atoms with E-state index in [9.17, 15) is 13.2 Å². The van der Waals surface area contributed by atoms with Gasteiger partial charge in [-0.2, -0.15) is 0 Å². The molecule has 2 heterocycles. The van der Waals surface area contributed by atoms with E-state index in [0.29, 0.717) is 18.0 Å². The van der Waals surface area contributed by atoms with Crippen LogP contribution in [-0.2, 0) is 27.9 Å². The number of nitrogens with zero attached hydrogens (tertiary/aromatic N) is 2. The van der Waals surface area contributed by atoms with E-state index in [2.05, 4.69) is 16.3 Å².